The Morgan fingerprint density at radius 1 is 1.26 bits per heavy atom. The molecular formula is C20H18FN3O3. The molecule has 0 aliphatic carbocycles. The largest absolute Gasteiger partial charge is 0.496 e. The number of amides is 2. The van der Waals surface area contributed by atoms with Crippen LogP contribution in [-0.4, -0.2) is 43.0 Å². The maximum absolute atomic E-state index is 13.6. The first-order valence-electron chi connectivity index (χ1n) is 8.39. The molecule has 2 aromatic rings. The van der Waals surface area contributed by atoms with Crippen molar-refractivity contribution in [1.82, 2.24) is 4.90 Å². The predicted octanol–water partition coefficient (Wildman–Crippen LogP) is 2.58. The van der Waals surface area contributed by atoms with Gasteiger partial charge in [-0.25, -0.2) is 4.39 Å². The van der Waals surface area contributed by atoms with Gasteiger partial charge in [-0.2, -0.15) is 5.26 Å². The first-order chi connectivity index (χ1) is 12.9. The van der Waals surface area contributed by atoms with Crippen molar-refractivity contribution in [3.05, 3.63) is 59.4 Å². The number of piperazine rings is 1. The Labute approximate surface area is 156 Å². The van der Waals surface area contributed by atoms with E-state index in [0.29, 0.717) is 17.8 Å². The van der Waals surface area contributed by atoms with Gasteiger partial charge < -0.3 is 14.5 Å². The molecule has 138 valence electrons. The van der Waals surface area contributed by atoms with E-state index in [-0.39, 0.29) is 29.8 Å². The molecule has 0 N–H and O–H groups in total. The summed E-state index contributed by atoms with van der Waals surface area (Å²) in [6.07, 6.45) is 0. The summed E-state index contributed by atoms with van der Waals surface area (Å²) < 4.78 is 18.8. The molecule has 1 fully saturated rings. The minimum atomic E-state index is -0.547. The molecule has 0 bridgehead atoms. The minimum absolute atomic E-state index is 0.0870. The Morgan fingerprint density at radius 3 is 2.59 bits per heavy atom. The van der Waals surface area contributed by atoms with Gasteiger partial charge in [0.05, 0.1) is 24.3 Å². The lowest BCUT2D eigenvalue weighted by atomic mass is 10.1. The number of benzene rings is 2. The zero-order valence-electron chi connectivity index (χ0n) is 15.0. The molecule has 1 aliphatic heterocycles. The number of carbonyl (C=O) groups excluding carboxylic acids is 2. The highest BCUT2D eigenvalue weighted by molar-refractivity contribution is 6.03. The second-order valence-electron chi connectivity index (χ2n) is 6.29. The molecule has 3 rings (SSSR count). The molecule has 1 heterocycles. The number of rotatable bonds is 3. The van der Waals surface area contributed by atoms with Crippen LogP contribution < -0.4 is 9.64 Å². The summed E-state index contributed by atoms with van der Waals surface area (Å²) in [5.74, 6) is -0.988. The number of carbonyl (C=O) groups is 2. The number of hydrogen-bond acceptors (Lipinski definition) is 4. The monoisotopic (exact) mass is 367 g/mol. The van der Waals surface area contributed by atoms with E-state index in [1.807, 2.05) is 13.0 Å². The second kappa shape index (κ2) is 7.46. The normalized spacial score (nSPS) is 16.8. The van der Waals surface area contributed by atoms with Gasteiger partial charge in [0, 0.05) is 18.3 Å². The fourth-order valence-electron chi connectivity index (χ4n) is 3.09. The standard InChI is InChI=1S/C20H18FN3O3/c1-13-11-24(16-6-3-14(10-22)4-7-16)19(25)12-23(13)20(26)17-9-15(21)5-8-18(17)27-2/h3-9,13H,11-12H2,1-2H3/t13-/m1/s1. The quantitative estimate of drug-likeness (QED) is 0.836. The molecule has 1 atom stereocenters. The number of hydrogen-bond donors (Lipinski definition) is 0. The summed E-state index contributed by atoms with van der Waals surface area (Å²) in [5.41, 5.74) is 1.26. The molecule has 1 saturated heterocycles. The van der Waals surface area contributed by atoms with Gasteiger partial charge in [-0.3, -0.25) is 9.59 Å². The van der Waals surface area contributed by atoms with Crippen molar-refractivity contribution in [3.8, 4) is 11.8 Å². The Hall–Kier alpha value is -3.40. The van der Waals surface area contributed by atoms with Crippen molar-refractivity contribution < 1.29 is 18.7 Å². The summed E-state index contributed by atoms with van der Waals surface area (Å²) in [6.45, 7) is 2.00. The number of nitrogens with zero attached hydrogens (tertiary/aromatic N) is 3. The highest BCUT2D eigenvalue weighted by Crippen LogP contribution is 2.25. The van der Waals surface area contributed by atoms with Crippen LogP contribution in [0, 0.1) is 17.1 Å². The number of methoxy groups -OCH3 is 1. The summed E-state index contributed by atoms with van der Waals surface area (Å²) in [4.78, 5) is 28.5. The molecule has 1 aliphatic rings. The van der Waals surface area contributed by atoms with Crippen molar-refractivity contribution in [2.75, 3.05) is 25.1 Å². The lowest BCUT2D eigenvalue weighted by Gasteiger charge is -2.39. The average molecular weight is 367 g/mol. The third-order valence-electron chi connectivity index (χ3n) is 4.55. The molecule has 6 nitrogen and oxygen atoms in total. The number of anilines is 1. The number of nitriles is 1. The molecule has 2 aromatic carbocycles. The van der Waals surface area contributed by atoms with Crippen molar-refractivity contribution in [2.24, 2.45) is 0 Å². The van der Waals surface area contributed by atoms with E-state index in [2.05, 4.69) is 0 Å². The van der Waals surface area contributed by atoms with Crippen LogP contribution in [0.1, 0.15) is 22.8 Å². The van der Waals surface area contributed by atoms with Crippen molar-refractivity contribution in [2.45, 2.75) is 13.0 Å². The van der Waals surface area contributed by atoms with E-state index >= 15 is 0 Å². The Kier molecular flexibility index (Phi) is 5.08. The molecule has 7 heteroatoms. The molecule has 2 amide bonds. The van der Waals surface area contributed by atoms with Crippen LogP contribution in [0.2, 0.25) is 0 Å². The van der Waals surface area contributed by atoms with Crippen molar-refractivity contribution in [3.63, 3.8) is 0 Å². The molecule has 0 saturated carbocycles. The maximum Gasteiger partial charge on any atom is 0.258 e. The summed E-state index contributed by atoms with van der Waals surface area (Å²) >= 11 is 0. The van der Waals surface area contributed by atoms with Crippen LogP contribution in [0.15, 0.2) is 42.5 Å². The van der Waals surface area contributed by atoms with E-state index in [0.717, 1.165) is 6.07 Å². The zero-order chi connectivity index (χ0) is 19.6. The Bertz CT molecular complexity index is 921. The van der Waals surface area contributed by atoms with Gasteiger partial charge in [-0.15, -0.1) is 0 Å². The highest BCUT2D eigenvalue weighted by Gasteiger charge is 2.34. The fraction of sp³-hybridized carbons (Fsp3) is 0.250. The molecule has 27 heavy (non-hydrogen) atoms. The predicted molar refractivity (Wildman–Crippen MR) is 97.0 cm³/mol. The first-order valence-corrected chi connectivity index (χ1v) is 8.39. The van der Waals surface area contributed by atoms with Crippen LogP contribution in [-0.2, 0) is 4.79 Å². The van der Waals surface area contributed by atoms with Crippen LogP contribution in [0.5, 0.6) is 5.75 Å². The van der Waals surface area contributed by atoms with Crippen LogP contribution in [0.3, 0.4) is 0 Å². The van der Waals surface area contributed by atoms with Crippen LogP contribution >= 0.6 is 0 Å². The summed E-state index contributed by atoms with van der Waals surface area (Å²) in [7, 11) is 1.40. The van der Waals surface area contributed by atoms with Gasteiger partial charge in [0.1, 0.15) is 18.1 Å². The topological polar surface area (TPSA) is 73.6 Å². The zero-order valence-corrected chi connectivity index (χ0v) is 15.0. The number of halogens is 1. The number of ether oxygens (including phenoxy) is 1. The SMILES string of the molecule is COc1ccc(F)cc1C(=O)N1CC(=O)N(c2ccc(C#N)cc2)C[C@H]1C. The second-order valence-corrected chi connectivity index (χ2v) is 6.29. The van der Waals surface area contributed by atoms with Gasteiger partial charge in [-0.05, 0) is 49.4 Å². The molecular weight excluding hydrogens is 349 g/mol. The third kappa shape index (κ3) is 3.60. The van der Waals surface area contributed by atoms with Gasteiger partial charge >= 0.3 is 0 Å². The van der Waals surface area contributed by atoms with E-state index < -0.39 is 11.7 Å². The van der Waals surface area contributed by atoms with E-state index in [9.17, 15) is 14.0 Å². The summed E-state index contributed by atoms with van der Waals surface area (Å²) in [6, 6.07) is 12.2. The summed E-state index contributed by atoms with van der Waals surface area (Å²) in [5, 5.41) is 8.89. The Balaban J connectivity index is 1.83. The third-order valence-corrected chi connectivity index (χ3v) is 4.55. The highest BCUT2D eigenvalue weighted by atomic mass is 19.1. The lowest BCUT2D eigenvalue weighted by molar-refractivity contribution is -0.121. The van der Waals surface area contributed by atoms with Crippen LogP contribution in [0.4, 0.5) is 10.1 Å². The molecule has 0 spiro atoms. The van der Waals surface area contributed by atoms with Crippen LogP contribution in [0.25, 0.3) is 0 Å². The van der Waals surface area contributed by atoms with E-state index in [1.54, 1.807) is 29.2 Å². The van der Waals surface area contributed by atoms with Crippen molar-refractivity contribution >= 4 is 17.5 Å². The van der Waals surface area contributed by atoms with Gasteiger partial charge in [0.25, 0.3) is 5.91 Å². The molecule has 0 unspecified atom stereocenters. The van der Waals surface area contributed by atoms with Crippen molar-refractivity contribution in [1.29, 1.82) is 5.26 Å². The maximum atomic E-state index is 13.6. The lowest BCUT2D eigenvalue weighted by Crippen LogP contribution is -2.57. The van der Waals surface area contributed by atoms with E-state index in [1.165, 1.54) is 24.1 Å². The average Bonchev–Trinajstić information content (AvgIpc) is 2.69. The smallest absolute Gasteiger partial charge is 0.258 e. The van der Waals surface area contributed by atoms with Gasteiger partial charge in [0.2, 0.25) is 5.91 Å². The van der Waals surface area contributed by atoms with E-state index in [4.69, 9.17) is 10.00 Å². The molecule has 0 radical (unpaired) electrons. The first kappa shape index (κ1) is 18.4. The Morgan fingerprint density at radius 2 is 1.96 bits per heavy atom. The van der Waals surface area contributed by atoms with Gasteiger partial charge in [0.15, 0.2) is 0 Å². The molecule has 0 aromatic heterocycles. The fourth-order valence-corrected chi connectivity index (χ4v) is 3.09. The minimum Gasteiger partial charge on any atom is -0.496 e. The van der Waals surface area contributed by atoms with Gasteiger partial charge in [-0.1, -0.05) is 0 Å².